The summed E-state index contributed by atoms with van der Waals surface area (Å²) in [6, 6.07) is 8.14. The summed E-state index contributed by atoms with van der Waals surface area (Å²) in [5, 5.41) is 9.75. The van der Waals surface area contributed by atoms with E-state index in [1.54, 1.807) is 0 Å². The van der Waals surface area contributed by atoms with Crippen molar-refractivity contribution in [2.24, 2.45) is 11.8 Å². The van der Waals surface area contributed by atoms with Gasteiger partial charge < -0.3 is 29.8 Å². The Bertz CT molecular complexity index is 1810. The number of amides is 2. The monoisotopic (exact) mass is 617 g/mol. The number of hydrogen-bond acceptors (Lipinski definition) is 6. The number of nitrogens with zero attached hydrogens (tertiary/aromatic N) is 4. The van der Waals surface area contributed by atoms with E-state index in [0.717, 1.165) is 48.2 Å². The van der Waals surface area contributed by atoms with Crippen LogP contribution < -0.4 is 16.0 Å². The smallest absolute Gasteiger partial charge is 0.254 e. The highest BCUT2D eigenvalue weighted by molar-refractivity contribution is 5.98. The van der Waals surface area contributed by atoms with Gasteiger partial charge in [-0.3, -0.25) is 9.59 Å². The van der Waals surface area contributed by atoms with Gasteiger partial charge in [0.25, 0.3) is 5.91 Å². The Morgan fingerprint density at radius 2 is 2.00 bits per heavy atom. The first-order valence-corrected chi connectivity index (χ1v) is 16.1. The van der Waals surface area contributed by atoms with Crippen LogP contribution in [0.2, 0.25) is 0 Å². The Hall–Kier alpha value is -3.90. The molecule has 8 rings (SSSR count). The number of carbonyl (C=O) groups excluding carboxylic acids is 2. The SMILES string of the molecule is C[C@H]1NC(=O)CCOC[C@@H]2C[C@@H]2Cn2c(-c3nc4cc(C(=O)N[C@H]5CNCC[C@@H]5F)c(F)cc4n3C3CC3)cc3ccc1nc32. The third-order valence-corrected chi connectivity index (χ3v) is 9.76. The molecule has 45 heavy (non-hydrogen) atoms. The molecule has 1 saturated heterocycles. The summed E-state index contributed by atoms with van der Waals surface area (Å²) in [5.74, 6) is 0.153. The molecule has 1 aromatic carbocycles. The minimum atomic E-state index is -1.18. The van der Waals surface area contributed by atoms with Gasteiger partial charge in [-0.2, -0.15) is 0 Å². The molecular weight excluding hydrogens is 580 g/mol. The molecule has 236 valence electrons. The van der Waals surface area contributed by atoms with Gasteiger partial charge in [-0.05, 0) is 75.3 Å². The Morgan fingerprint density at radius 3 is 2.82 bits per heavy atom. The lowest BCUT2D eigenvalue weighted by Crippen LogP contribution is -2.52. The largest absolute Gasteiger partial charge is 0.381 e. The van der Waals surface area contributed by atoms with E-state index in [0.29, 0.717) is 67.8 Å². The van der Waals surface area contributed by atoms with E-state index in [1.165, 1.54) is 12.1 Å². The maximum atomic E-state index is 15.6. The maximum absolute atomic E-state index is 15.6. The molecular formula is C33H37F2N7O3. The van der Waals surface area contributed by atoms with E-state index in [1.807, 2.05) is 19.1 Å². The number of alkyl halides is 1. The van der Waals surface area contributed by atoms with E-state index in [9.17, 15) is 14.0 Å². The van der Waals surface area contributed by atoms with Crippen molar-refractivity contribution in [1.29, 1.82) is 0 Å². The van der Waals surface area contributed by atoms with Gasteiger partial charge in [0.1, 0.15) is 17.6 Å². The second-order valence-electron chi connectivity index (χ2n) is 13.1. The van der Waals surface area contributed by atoms with Crippen LogP contribution in [0.5, 0.6) is 0 Å². The lowest BCUT2D eigenvalue weighted by Gasteiger charge is -2.27. The van der Waals surface area contributed by atoms with E-state index in [2.05, 4.69) is 31.2 Å². The van der Waals surface area contributed by atoms with Gasteiger partial charge in [-0.15, -0.1) is 0 Å². The maximum Gasteiger partial charge on any atom is 0.254 e. The minimum absolute atomic E-state index is 0.0665. The molecule has 5 heterocycles. The number of piperidine rings is 1. The average Bonchev–Trinajstić information content (AvgIpc) is 3.93. The second kappa shape index (κ2) is 11.2. The molecule has 4 aliphatic rings. The standard InChI is InChI=1S/C33H37F2N7O3/c1-17-25-5-2-18-11-29(41(31(18)38-25)15-19-10-20(19)16-45-9-7-30(43)37-17)32-39-26-12-22(24(35)13-28(26)42(32)21-3-4-21)33(44)40-27-14-36-8-6-23(27)34/h2,5,11-13,17,19-21,23,27,36H,3-4,6-10,14-16H2,1H3,(H,37,43)(H,40,44)/t17-,19-,20+,23+,27+/m1/s1. The summed E-state index contributed by atoms with van der Waals surface area (Å²) in [7, 11) is 0. The molecule has 0 unspecified atom stereocenters. The van der Waals surface area contributed by atoms with Crippen LogP contribution in [0, 0.1) is 17.7 Å². The molecule has 2 aliphatic heterocycles. The lowest BCUT2D eigenvalue weighted by molar-refractivity contribution is -0.122. The van der Waals surface area contributed by atoms with Crippen molar-refractivity contribution in [1.82, 2.24) is 35.1 Å². The number of halogens is 2. The molecule has 5 atom stereocenters. The van der Waals surface area contributed by atoms with Gasteiger partial charge in [0, 0.05) is 43.6 Å². The van der Waals surface area contributed by atoms with Crippen molar-refractivity contribution in [3.8, 4) is 11.5 Å². The highest BCUT2D eigenvalue weighted by Gasteiger charge is 2.39. The molecule has 2 amide bonds. The molecule has 3 fully saturated rings. The zero-order valence-electron chi connectivity index (χ0n) is 25.2. The van der Waals surface area contributed by atoms with Crippen LogP contribution in [-0.2, 0) is 16.1 Å². The number of aromatic nitrogens is 4. The summed E-state index contributed by atoms with van der Waals surface area (Å²) in [5.41, 5.74) is 3.47. The average molecular weight is 618 g/mol. The van der Waals surface area contributed by atoms with Gasteiger partial charge in [-0.25, -0.2) is 18.7 Å². The van der Waals surface area contributed by atoms with Crippen molar-refractivity contribution in [2.75, 3.05) is 26.3 Å². The highest BCUT2D eigenvalue weighted by Crippen LogP contribution is 2.45. The van der Waals surface area contributed by atoms with Crippen molar-refractivity contribution < 1.29 is 23.1 Å². The summed E-state index contributed by atoms with van der Waals surface area (Å²) in [6.45, 7) is 4.52. The summed E-state index contributed by atoms with van der Waals surface area (Å²) >= 11 is 0. The first-order valence-electron chi connectivity index (χ1n) is 16.1. The van der Waals surface area contributed by atoms with Crippen molar-refractivity contribution in [2.45, 2.75) is 69.9 Å². The lowest BCUT2D eigenvalue weighted by atomic mass is 10.0. The quantitative estimate of drug-likeness (QED) is 0.317. The molecule has 2 saturated carbocycles. The number of fused-ring (bicyclic) bond motifs is 3. The predicted molar refractivity (Wildman–Crippen MR) is 164 cm³/mol. The number of hydrogen-bond donors (Lipinski definition) is 3. The fourth-order valence-corrected chi connectivity index (χ4v) is 6.90. The van der Waals surface area contributed by atoms with Gasteiger partial charge in [0.05, 0.1) is 46.7 Å². The molecule has 0 spiro atoms. The number of imidazole rings is 1. The van der Waals surface area contributed by atoms with Crippen LogP contribution in [0.1, 0.15) is 67.2 Å². The number of rotatable bonds is 4. The van der Waals surface area contributed by atoms with Crippen LogP contribution in [-0.4, -0.2) is 69.4 Å². The highest BCUT2D eigenvalue weighted by atomic mass is 19.1. The molecule has 4 aromatic rings. The topological polar surface area (TPSA) is 115 Å². The van der Waals surface area contributed by atoms with E-state index < -0.39 is 23.9 Å². The fourth-order valence-electron chi connectivity index (χ4n) is 6.90. The molecule has 0 radical (unpaired) electrons. The van der Waals surface area contributed by atoms with Gasteiger partial charge in [-0.1, -0.05) is 0 Å². The zero-order chi connectivity index (χ0) is 30.8. The van der Waals surface area contributed by atoms with Crippen molar-refractivity contribution in [3.05, 3.63) is 47.4 Å². The number of pyridine rings is 1. The summed E-state index contributed by atoms with van der Waals surface area (Å²) in [6.07, 6.45) is 2.38. The van der Waals surface area contributed by atoms with Crippen molar-refractivity contribution >= 4 is 33.9 Å². The number of nitrogens with one attached hydrogen (secondary N) is 3. The minimum Gasteiger partial charge on any atom is -0.381 e. The van der Waals surface area contributed by atoms with Gasteiger partial charge >= 0.3 is 0 Å². The van der Waals surface area contributed by atoms with Crippen LogP contribution in [0.15, 0.2) is 30.3 Å². The van der Waals surface area contributed by atoms with Crippen LogP contribution in [0.3, 0.4) is 0 Å². The Labute approximate surface area is 258 Å². The van der Waals surface area contributed by atoms with Crippen LogP contribution in [0.4, 0.5) is 8.78 Å². The van der Waals surface area contributed by atoms with Gasteiger partial charge in [0.15, 0.2) is 5.82 Å². The Morgan fingerprint density at radius 1 is 1.13 bits per heavy atom. The summed E-state index contributed by atoms with van der Waals surface area (Å²) in [4.78, 5) is 35.7. The Balaban J connectivity index is 1.22. The zero-order valence-corrected chi connectivity index (χ0v) is 25.2. The molecule has 10 nitrogen and oxygen atoms in total. The fraction of sp³-hybridized carbons (Fsp3) is 0.515. The van der Waals surface area contributed by atoms with Crippen LogP contribution in [0.25, 0.3) is 33.6 Å². The first-order chi connectivity index (χ1) is 21.8. The van der Waals surface area contributed by atoms with Crippen LogP contribution >= 0.6 is 0 Å². The molecule has 2 aliphatic carbocycles. The van der Waals surface area contributed by atoms with Crippen molar-refractivity contribution in [3.63, 3.8) is 0 Å². The normalized spacial score (nSPS) is 27.3. The molecule has 12 heteroatoms. The molecule has 3 aromatic heterocycles. The third kappa shape index (κ3) is 5.37. The number of benzene rings is 1. The third-order valence-electron chi connectivity index (χ3n) is 9.76. The molecule has 2 bridgehead atoms. The second-order valence-corrected chi connectivity index (χ2v) is 13.1. The van der Waals surface area contributed by atoms with E-state index >= 15 is 4.39 Å². The van der Waals surface area contributed by atoms with Gasteiger partial charge in [0.2, 0.25) is 5.91 Å². The first kappa shape index (κ1) is 28.6. The Kier molecular flexibility index (Phi) is 7.09. The predicted octanol–water partition coefficient (Wildman–Crippen LogP) is 4.19. The van der Waals surface area contributed by atoms with E-state index in [-0.39, 0.29) is 23.6 Å². The number of ether oxygens (including phenoxy) is 1. The summed E-state index contributed by atoms with van der Waals surface area (Å²) < 4.78 is 40.2. The number of carbonyl (C=O) groups is 2. The van der Waals surface area contributed by atoms with E-state index in [4.69, 9.17) is 14.7 Å². The molecule has 3 N–H and O–H groups in total.